The molecular formula is C15H22N2O2. The van der Waals surface area contributed by atoms with Crippen LogP contribution in [0.3, 0.4) is 0 Å². The molecule has 104 valence electrons. The lowest BCUT2D eigenvalue weighted by Crippen LogP contribution is -2.56. The zero-order chi connectivity index (χ0) is 13.1. The van der Waals surface area contributed by atoms with E-state index in [1.54, 1.807) is 0 Å². The van der Waals surface area contributed by atoms with Crippen molar-refractivity contribution in [1.82, 2.24) is 4.90 Å². The second kappa shape index (κ2) is 3.97. The van der Waals surface area contributed by atoms with Gasteiger partial charge in [-0.3, -0.25) is 9.59 Å². The summed E-state index contributed by atoms with van der Waals surface area (Å²) in [4.78, 5) is 25.6. The number of carbonyl (C=O) groups is 2. The van der Waals surface area contributed by atoms with Gasteiger partial charge in [-0.2, -0.15) is 0 Å². The van der Waals surface area contributed by atoms with Crippen molar-refractivity contribution >= 4 is 11.8 Å². The first-order valence-corrected chi connectivity index (χ1v) is 7.70. The van der Waals surface area contributed by atoms with Crippen LogP contribution in [0.5, 0.6) is 0 Å². The molecule has 5 fully saturated rings. The summed E-state index contributed by atoms with van der Waals surface area (Å²) in [6.45, 7) is 0.584. The van der Waals surface area contributed by atoms with E-state index in [0.717, 1.165) is 11.8 Å². The molecule has 4 aliphatic carbocycles. The Morgan fingerprint density at radius 3 is 2.11 bits per heavy atom. The van der Waals surface area contributed by atoms with E-state index in [-0.39, 0.29) is 17.7 Å². The van der Waals surface area contributed by atoms with Crippen LogP contribution >= 0.6 is 0 Å². The second-order valence-electron chi connectivity index (χ2n) is 7.27. The molecule has 0 aromatic heterocycles. The Bertz CT molecular complexity index is 406. The van der Waals surface area contributed by atoms with E-state index in [0.29, 0.717) is 30.8 Å². The number of rotatable bonds is 2. The highest BCUT2D eigenvalue weighted by molar-refractivity contribution is 5.88. The normalized spacial score (nSPS) is 48.0. The molecule has 4 bridgehead atoms. The zero-order valence-corrected chi connectivity index (χ0v) is 11.3. The third kappa shape index (κ3) is 1.72. The quantitative estimate of drug-likeness (QED) is 0.811. The molecule has 2 N–H and O–H groups in total. The van der Waals surface area contributed by atoms with Gasteiger partial charge in [-0.15, -0.1) is 0 Å². The summed E-state index contributed by atoms with van der Waals surface area (Å²) in [7, 11) is 0. The van der Waals surface area contributed by atoms with Gasteiger partial charge in [-0.1, -0.05) is 0 Å². The van der Waals surface area contributed by atoms with Gasteiger partial charge in [0.05, 0.1) is 5.92 Å². The van der Waals surface area contributed by atoms with Crippen molar-refractivity contribution in [3.63, 3.8) is 0 Å². The van der Waals surface area contributed by atoms with Crippen molar-refractivity contribution in [3.05, 3.63) is 0 Å². The minimum Gasteiger partial charge on any atom is -0.369 e. The third-order valence-corrected chi connectivity index (χ3v) is 6.10. The van der Waals surface area contributed by atoms with Crippen molar-refractivity contribution in [3.8, 4) is 0 Å². The van der Waals surface area contributed by atoms with Gasteiger partial charge < -0.3 is 10.6 Å². The molecule has 1 saturated heterocycles. The summed E-state index contributed by atoms with van der Waals surface area (Å²) in [5, 5.41) is 0. The molecule has 1 heterocycles. The maximum Gasteiger partial charge on any atom is 0.223 e. The van der Waals surface area contributed by atoms with E-state index < -0.39 is 0 Å². The van der Waals surface area contributed by atoms with Crippen LogP contribution < -0.4 is 5.73 Å². The van der Waals surface area contributed by atoms with Gasteiger partial charge >= 0.3 is 0 Å². The molecule has 1 atom stereocenters. The van der Waals surface area contributed by atoms with Gasteiger partial charge in [0.25, 0.3) is 0 Å². The van der Waals surface area contributed by atoms with Crippen LogP contribution in [0.25, 0.3) is 0 Å². The predicted molar refractivity (Wildman–Crippen MR) is 69.8 cm³/mol. The van der Waals surface area contributed by atoms with Gasteiger partial charge in [-0.25, -0.2) is 0 Å². The lowest BCUT2D eigenvalue weighted by molar-refractivity contribution is -0.138. The molecule has 0 aromatic rings. The zero-order valence-electron chi connectivity index (χ0n) is 11.3. The topological polar surface area (TPSA) is 63.4 Å². The summed E-state index contributed by atoms with van der Waals surface area (Å²) in [6.07, 6.45) is 7.01. The molecule has 0 aromatic carbocycles. The molecule has 5 rings (SSSR count). The molecule has 0 spiro atoms. The first-order chi connectivity index (χ1) is 9.11. The van der Waals surface area contributed by atoms with Crippen LogP contribution in [0.4, 0.5) is 0 Å². The summed E-state index contributed by atoms with van der Waals surface area (Å²) in [5.74, 6) is 2.86. The van der Waals surface area contributed by atoms with Gasteiger partial charge in [0.1, 0.15) is 0 Å². The van der Waals surface area contributed by atoms with E-state index in [1.165, 1.54) is 32.1 Å². The molecule has 4 heteroatoms. The maximum absolute atomic E-state index is 12.2. The van der Waals surface area contributed by atoms with Crippen LogP contribution in [0, 0.1) is 29.6 Å². The maximum atomic E-state index is 12.2. The number of carbonyl (C=O) groups excluding carboxylic acids is 2. The standard InChI is InChI=1S/C15H22N2O2/c16-15(19)12-6-13(18)17(7-12)14-10-2-8-1-9(4-10)5-11(14)3-8/h8-12,14H,1-7H2,(H2,16,19)/t8?,9?,10?,11?,12-,14?/m1/s1. The number of likely N-dealkylation sites (tertiary alicyclic amines) is 1. The van der Waals surface area contributed by atoms with Crippen LogP contribution in [-0.2, 0) is 9.59 Å². The molecule has 5 aliphatic rings. The Hall–Kier alpha value is -1.06. The van der Waals surface area contributed by atoms with Crippen LogP contribution in [0.1, 0.15) is 38.5 Å². The number of hydrogen-bond acceptors (Lipinski definition) is 2. The van der Waals surface area contributed by atoms with Crippen LogP contribution in [0.2, 0.25) is 0 Å². The van der Waals surface area contributed by atoms with Gasteiger partial charge in [0.15, 0.2) is 0 Å². The number of amides is 2. The average Bonchev–Trinajstić information content (AvgIpc) is 2.70. The van der Waals surface area contributed by atoms with Gasteiger partial charge in [0, 0.05) is 19.0 Å². The van der Waals surface area contributed by atoms with Crippen molar-refractivity contribution in [2.24, 2.45) is 35.3 Å². The predicted octanol–water partition coefficient (Wildman–Crippen LogP) is 1.14. The SMILES string of the molecule is NC(=O)[C@@H]1CC(=O)N(C2C3CC4CC(C3)CC2C4)C1. The summed E-state index contributed by atoms with van der Waals surface area (Å²) >= 11 is 0. The Morgan fingerprint density at radius 2 is 1.63 bits per heavy atom. The van der Waals surface area contributed by atoms with Crippen molar-refractivity contribution in [2.75, 3.05) is 6.54 Å². The smallest absolute Gasteiger partial charge is 0.223 e. The van der Waals surface area contributed by atoms with Crippen molar-refractivity contribution < 1.29 is 9.59 Å². The molecule has 0 unspecified atom stereocenters. The van der Waals surface area contributed by atoms with E-state index in [2.05, 4.69) is 0 Å². The second-order valence-corrected chi connectivity index (χ2v) is 7.27. The van der Waals surface area contributed by atoms with E-state index in [9.17, 15) is 9.59 Å². The monoisotopic (exact) mass is 262 g/mol. The lowest BCUT2D eigenvalue weighted by atomic mass is 9.54. The number of nitrogens with zero attached hydrogens (tertiary/aromatic N) is 1. The number of hydrogen-bond donors (Lipinski definition) is 1. The average molecular weight is 262 g/mol. The summed E-state index contributed by atoms with van der Waals surface area (Å²) in [6, 6.07) is 0.421. The summed E-state index contributed by atoms with van der Waals surface area (Å²) in [5.41, 5.74) is 5.38. The number of primary amides is 1. The fourth-order valence-corrected chi connectivity index (χ4v) is 5.62. The third-order valence-electron chi connectivity index (χ3n) is 6.10. The minimum atomic E-state index is -0.306. The highest BCUT2D eigenvalue weighted by Gasteiger charge is 2.52. The highest BCUT2D eigenvalue weighted by Crippen LogP contribution is 2.55. The van der Waals surface area contributed by atoms with Gasteiger partial charge in [0.2, 0.25) is 11.8 Å². The molecule has 19 heavy (non-hydrogen) atoms. The molecular weight excluding hydrogens is 240 g/mol. The Balaban J connectivity index is 1.56. The van der Waals surface area contributed by atoms with Gasteiger partial charge in [-0.05, 0) is 55.8 Å². The van der Waals surface area contributed by atoms with E-state index >= 15 is 0 Å². The van der Waals surface area contributed by atoms with Crippen molar-refractivity contribution in [2.45, 2.75) is 44.6 Å². The first kappa shape index (κ1) is 11.7. The lowest BCUT2D eigenvalue weighted by Gasteiger charge is -2.56. The minimum absolute atomic E-state index is 0.168. The Labute approximate surface area is 113 Å². The van der Waals surface area contributed by atoms with Crippen LogP contribution in [-0.4, -0.2) is 29.3 Å². The fraction of sp³-hybridized carbons (Fsp3) is 0.867. The molecule has 4 saturated carbocycles. The first-order valence-electron chi connectivity index (χ1n) is 7.70. The molecule has 4 nitrogen and oxygen atoms in total. The van der Waals surface area contributed by atoms with Crippen LogP contribution in [0.15, 0.2) is 0 Å². The molecule has 1 aliphatic heterocycles. The largest absolute Gasteiger partial charge is 0.369 e. The molecule has 2 amide bonds. The Kier molecular flexibility index (Phi) is 2.45. The number of nitrogens with two attached hydrogens (primary N) is 1. The summed E-state index contributed by atoms with van der Waals surface area (Å²) < 4.78 is 0. The van der Waals surface area contributed by atoms with E-state index in [1.807, 2.05) is 4.90 Å². The Morgan fingerprint density at radius 1 is 1.05 bits per heavy atom. The highest BCUT2D eigenvalue weighted by atomic mass is 16.2. The van der Waals surface area contributed by atoms with E-state index in [4.69, 9.17) is 5.73 Å². The fourth-order valence-electron chi connectivity index (χ4n) is 5.62. The van der Waals surface area contributed by atoms with Crippen molar-refractivity contribution in [1.29, 1.82) is 0 Å². The molecule has 0 radical (unpaired) electrons.